The van der Waals surface area contributed by atoms with E-state index in [4.69, 9.17) is 10.5 Å². The Bertz CT molecular complexity index is 975. The predicted molar refractivity (Wildman–Crippen MR) is 111 cm³/mol. The van der Waals surface area contributed by atoms with Crippen LogP contribution < -0.4 is 15.8 Å². The molecule has 29 heavy (non-hydrogen) atoms. The molecule has 3 aromatic heterocycles. The molecule has 0 fully saturated rings. The number of ketones is 1. The minimum Gasteiger partial charge on any atom is -0.476 e. The third kappa shape index (κ3) is 5.83. The van der Waals surface area contributed by atoms with Gasteiger partial charge in [-0.05, 0) is 36.2 Å². The van der Waals surface area contributed by atoms with Gasteiger partial charge in [0.15, 0.2) is 5.78 Å². The van der Waals surface area contributed by atoms with E-state index >= 15 is 0 Å². The average Bonchev–Trinajstić information content (AvgIpc) is 2.74. The lowest BCUT2D eigenvalue weighted by molar-refractivity contribution is 0.0987. The SMILES string of the molecule is C=CCCOc1cnc(C(=O)Cc2ccnc(CNc3cccnc3N)c2)cn1. The third-order valence-corrected chi connectivity index (χ3v) is 4.03. The van der Waals surface area contributed by atoms with E-state index in [0.717, 1.165) is 23.4 Å². The van der Waals surface area contributed by atoms with Crippen molar-refractivity contribution in [2.75, 3.05) is 17.7 Å². The molecule has 3 N–H and O–H groups in total. The third-order valence-electron chi connectivity index (χ3n) is 4.03. The second-order valence-electron chi connectivity index (χ2n) is 6.21. The van der Waals surface area contributed by atoms with Crippen molar-refractivity contribution in [3.63, 3.8) is 0 Å². The highest BCUT2D eigenvalue weighted by molar-refractivity contribution is 5.95. The first-order valence-corrected chi connectivity index (χ1v) is 9.13. The van der Waals surface area contributed by atoms with Crippen molar-refractivity contribution in [3.05, 3.63) is 78.7 Å². The lowest BCUT2D eigenvalue weighted by Crippen LogP contribution is -2.09. The summed E-state index contributed by atoms with van der Waals surface area (Å²) in [4.78, 5) is 29.1. The molecule has 148 valence electrons. The molecule has 0 saturated heterocycles. The van der Waals surface area contributed by atoms with Gasteiger partial charge in [0, 0.05) is 18.8 Å². The molecule has 0 bridgehead atoms. The Balaban J connectivity index is 1.58. The molecular weight excluding hydrogens is 368 g/mol. The van der Waals surface area contributed by atoms with Gasteiger partial charge in [-0.25, -0.2) is 15.0 Å². The summed E-state index contributed by atoms with van der Waals surface area (Å²) >= 11 is 0. The predicted octanol–water partition coefficient (Wildman–Crippen LogP) is 2.84. The highest BCUT2D eigenvalue weighted by atomic mass is 16.5. The maximum atomic E-state index is 12.5. The Morgan fingerprint density at radius 3 is 2.83 bits per heavy atom. The van der Waals surface area contributed by atoms with Crippen LogP contribution in [0.4, 0.5) is 11.5 Å². The molecule has 0 aliphatic rings. The smallest absolute Gasteiger partial charge is 0.232 e. The highest BCUT2D eigenvalue weighted by Crippen LogP contribution is 2.15. The standard InChI is InChI=1S/C21H22N6O2/c1-2-3-9-29-20-14-26-18(13-27-20)19(28)11-15-6-8-23-16(10-15)12-25-17-5-4-7-24-21(17)22/h2,4-8,10,13-14,25H,1,3,9,11-12H2,(H2,22,24). The van der Waals surface area contributed by atoms with Gasteiger partial charge in [0.05, 0.1) is 36.9 Å². The molecule has 3 rings (SSSR count). The number of ether oxygens (including phenoxy) is 1. The van der Waals surface area contributed by atoms with Crippen LogP contribution in [0.2, 0.25) is 0 Å². The van der Waals surface area contributed by atoms with E-state index in [2.05, 4.69) is 31.8 Å². The van der Waals surface area contributed by atoms with Gasteiger partial charge >= 0.3 is 0 Å². The van der Waals surface area contributed by atoms with E-state index in [1.807, 2.05) is 12.1 Å². The van der Waals surface area contributed by atoms with E-state index in [1.54, 1.807) is 30.6 Å². The largest absolute Gasteiger partial charge is 0.476 e. The van der Waals surface area contributed by atoms with Crippen LogP contribution in [0.1, 0.15) is 28.2 Å². The highest BCUT2D eigenvalue weighted by Gasteiger charge is 2.11. The van der Waals surface area contributed by atoms with Gasteiger partial charge in [0.25, 0.3) is 0 Å². The van der Waals surface area contributed by atoms with E-state index in [1.165, 1.54) is 12.4 Å². The maximum absolute atomic E-state index is 12.5. The zero-order chi connectivity index (χ0) is 20.5. The molecule has 0 spiro atoms. The van der Waals surface area contributed by atoms with Crippen molar-refractivity contribution in [1.82, 2.24) is 19.9 Å². The Labute approximate surface area is 168 Å². The fraction of sp³-hybridized carbons (Fsp3) is 0.190. The van der Waals surface area contributed by atoms with Crippen LogP contribution in [0.15, 0.2) is 61.7 Å². The van der Waals surface area contributed by atoms with E-state index in [0.29, 0.717) is 30.5 Å². The fourth-order valence-electron chi connectivity index (χ4n) is 2.55. The normalized spacial score (nSPS) is 10.3. The molecule has 0 aliphatic heterocycles. The summed E-state index contributed by atoms with van der Waals surface area (Å²) < 4.78 is 5.40. The molecule has 8 heteroatoms. The summed E-state index contributed by atoms with van der Waals surface area (Å²) in [7, 11) is 0. The summed E-state index contributed by atoms with van der Waals surface area (Å²) in [5, 5.41) is 3.19. The van der Waals surface area contributed by atoms with E-state index in [-0.39, 0.29) is 12.2 Å². The lowest BCUT2D eigenvalue weighted by Gasteiger charge is -2.09. The minimum atomic E-state index is -0.128. The summed E-state index contributed by atoms with van der Waals surface area (Å²) in [6, 6.07) is 7.33. The number of hydrogen-bond donors (Lipinski definition) is 2. The van der Waals surface area contributed by atoms with Crippen LogP contribution in [-0.4, -0.2) is 32.3 Å². The van der Waals surface area contributed by atoms with Gasteiger partial charge in [0.1, 0.15) is 11.5 Å². The van der Waals surface area contributed by atoms with Crippen LogP contribution in [0.3, 0.4) is 0 Å². The summed E-state index contributed by atoms with van der Waals surface area (Å²) in [6.45, 7) is 4.57. The Morgan fingerprint density at radius 1 is 1.17 bits per heavy atom. The molecule has 0 unspecified atom stereocenters. The van der Waals surface area contributed by atoms with Gasteiger partial charge < -0.3 is 15.8 Å². The summed E-state index contributed by atoms with van der Waals surface area (Å²) in [6.07, 6.45) is 8.87. The second-order valence-corrected chi connectivity index (χ2v) is 6.21. The number of rotatable bonds is 10. The number of Topliss-reactive ketones (excluding diaryl/α,β-unsaturated/α-hetero) is 1. The molecule has 0 atom stereocenters. The topological polar surface area (TPSA) is 116 Å². The molecule has 0 aromatic carbocycles. The Kier molecular flexibility index (Phi) is 6.83. The first-order valence-electron chi connectivity index (χ1n) is 9.13. The Hall–Kier alpha value is -3.81. The number of anilines is 2. The van der Waals surface area contributed by atoms with Crippen LogP contribution in [0.5, 0.6) is 5.88 Å². The zero-order valence-electron chi connectivity index (χ0n) is 15.9. The first kappa shape index (κ1) is 19.9. The van der Waals surface area contributed by atoms with Gasteiger partial charge in [-0.3, -0.25) is 9.78 Å². The first-order chi connectivity index (χ1) is 14.2. The molecule has 0 saturated carbocycles. The van der Waals surface area contributed by atoms with Crippen molar-refractivity contribution < 1.29 is 9.53 Å². The lowest BCUT2D eigenvalue weighted by atomic mass is 10.1. The van der Waals surface area contributed by atoms with Crippen molar-refractivity contribution in [2.45, 2.75) is 19.4 Å². The maximum Gasteiger partial charge on any atom is 0.232 e. The zero-order valence-corrected chi connectivity index (χ0v) is 15.9. The summed E-state index contributed by atoms with van der Waals surface area (Å²) in [5.41, 5.74) is 8.48. The van der Waals surface area contributed by atoms with Crippen molar-refractivity contribution >= 4 is 17.3 Å². The molecular formula is C21H22N6O2. The van der Waals surface area contributed by atoms with E-state index in [9.17, 15) is 4.79 Å². The number of carbonyl (C=O) groups excluding carboxylic acids is 1. The van der Waals surface area contributed by atoms with Crippen LogP contribution >= 0.6 is 0 Å². The average molecular weight is 390 g/mol. The number of hydrogen-bond acceptors (Lipinski definition) is 8. The number of nitrogens with one attached hydrogen (secondary N) is 1. The van der Waals surface area contributed by atoms with Crippen LogP contribution in [-0.2, 0) is 13.0 Å². The van der Waals surface area contributed by atoms with Crippen LogP contribution in [0, 0.1) is 0 Å². The number of nitrogens with two attached hydrogens (primary N) is 1. The Morgan fingerprint density at radius 2 is 2.07 bits per heavy atom. The summed E-state index contributed by atoms with van der Waals surface area (Å²) in [5.74, 6) is 0.682. The van der Waals surface area contributed by atoms with Crippen molar-refractivity contribution in [1.29, 1.82) is 0 Å². The minimum absolute atomic E-state index is 0.128. The van der Waals surface area contributed by atoms with Gasteiger partial charge in [0.2, 0.25) is 5.88 Å². The number of aromatic nitrogens is 4. The number of nitrogen functional groups attached to an aromatic ring is 1. The number of nitrogens with zero attached hydrogens (tertiary/aromatic N) is 4. The second kappa shape index (κ2) is 9.93. The molecule has 3 heterocycles. The van der Waals surface area contributed by atoms with Crippen LogP contribution in [0.25, 0.3) is 0 Å². The fourth-order valence-corrected chi connectivity index (χ4v) is 2.55. The molecule has 0 aliphatic carbocycles. The molecule has 0 amide bonds. The number of carbonyl (C=O) groups is 1. The molecule has 8 nitrogen and oxygen atoms in total. The van der Waals surface area contributed by atoms with Gasteiger partial charge in [-0.1, -0.05) is 6.08 Å². The molecule has 3 aromatic rings. The van der Waals surface area contributed by atoms with Gasteiger partial charge in [-0.2, -0.15) is 0 Å². The number of pyridine rings is 2. The molecule has 0 radical (unpaired) electrons. The quantitative estimate of drug-likeness (QED) is 0.308. The monoisotopic (exact) mass is 390 g/mol. The van der Waals surface area contributed by atoms with Gasteiger partial charge in [-0.15, -0.1) is 6.58 Å². The van der Waals surface area contributed by atoms with Crippen molar-refractivity contribution in [3.8, 4) is 5.88 Å². The van der Waals surface area contributed by atoms with E-state index < -0.39 is 0 Å². The van der Waals surface area contributed by atoms with Crippen molar-refractivity contribution in [2.24, 2.45) is 0 Å².